The lowest BCUT2D eigenvalue weighted by molar-refractivity contribution is 0.0952. The topological polar surface area (TPSA) is 63.2 Å². The Hall–Kier alpha value is -2.56. The SMILES string of the molecule is CNc1cnccc1C(=O)NCCCOc1ccccc1. The van der Waals surface area contributed by atoms with Crippen molar-refractivity contribution in [2.24, 2.45) is 0 Å². The maximum Gasteiger partial charge on any atom is 0.253 e. The van der Waals surface area contributed by atoms with Crippen molar-refractivity contribution in [3.8, 4) is 5.75 Å². The van der Waals surface area contributed by atoms with E-state index in [9.17, 15) is 4.79 Å². The Morgan fingerprint density at radius 2 is 2.05 bits per heavy atom. The third-order valence-corrected chi connectivity index (χ3v) is 2.95. The highest BCUT2D eigenvalue weighted by molar-refractivity contribution is 5.99. The summed E-state index contributed by atoms with van der Waals surface area (Å²) < 4.78 is 5.56. The summed E-state index contributed by atoms with van der Waals surface area (Å²) in [6.45, 7) is 1.14. The molecule has 0 saturated heterocycles. The maximum absolute atomic E-state index is 12.0. The Balaban J connectivity index is 1.72. The number of carbonyl (C=O) groups excluding carboxylic acids is 1. The minimum atomic E-state index is -0.110. The summed E-state index contributed by atoms with van der Waals surface area (Å²) in [7, 11) is 1.77. The van der Waals surface area contributed by atoms with E-state index < -0.39 is 0 Å². The van der Waals surface area contributed by atoms with E-state index in [4.69, 9.17) is 4.74 Å². The molecule has 0 saturated carbocycles. The molecule has 21 heavy (non-hydrogen) atoms. The van der Waals surface area contributed by atoms with Gasteiger partial charge in [-0.1, -0.05) is 18.2 Å². The second-order valence-corrected chi connectivity index (χ2v) is 4.44. The first-order valence-electron chi connectivity index (χ1n) is 6.89. The Labute approximate surface area is 124 Å². The fourth-order valence-corrected chi connectivity index (χ4v) is 1.87. The van der Waals surface area contributed by atoms with E-state index in [1.807, 2.05) is 30.3 Å². The summed E-state index contributed by atoms with van der Waals surface area (Å²) in [5.74, 6) is 0.733. The fourth-order valence-electron chi connectivity index (χ4n) is 1.87. The lowest BCUT2D eigenvalue weighted by atomic mass is 10.2. The van der Waals surface area contributed by atoms with E-state index in [1.165, 1.54) is 0 Å². The molecular weight excluding hydrogens is 266 g/mol. The number of nitrogens with zero attached hydrogens (tertiary/aromatic N) is 1. The first-order chi connectivity index (χ1) is 10.3. The number of benzene rings is 1. The zero-order valence-corrected chi connectivity index (χ0v) is 12.0. The number of rotatable bonds is 7. The van der Waals surface area contributed by atoms with Crippen LogP contribution in [-0.2, 0) is 0 Å². The zero-order valence-electron chi connectivity index (χ0n) is 12.0. The van der Waals surface area contributed by atoms with Crippen LogP contribution < -0.4 is 15.4 Å². The minimum absolute atomic E-state index is 0.110. The van der Waals surface area contributed by atoms with Crippen molar-refractivity contribution in [2.45, 2.75) is 6.42 Å². The van der Waals surface area contributed by atoms with E-state index in [1.54, 1.807) is 25.5 Å². The second kappa shape index (κ2) is 7.89. The Kier molecular flexibility index (Phi) is 5.58. The molecule has 0 fully saturated rings. The van der Waals surface area contributed by atoms with Gasteiger partial charge in [-0.3, -0.25) is 9.78 Å². The molecule has 0 radical (unpaired) electrons. The van der Waals surface area contributed by atoms with E-state index in [0.29, 0.717) is 18.7 Å². The highest BCUT2D eigenvalue weighted by Crippen LogP contribution is 2.12. The van der Waals surface area contributed by atoms with Gasteiger partial charge in [-0.05, 0) is 24.6 Å². The molecule has 110 valence electrons. The van der Waals surface area contributed by atoms with Crippen LogP contribution in [0.3, 0.4) is 0 Å². The summed E-state index contributed by atoms with van der Waals surface area (Å²) in [6.07, 6.45) is 3.99. The molecule has 0 bridgehead atoms. The van der Waals surface area contributed by atoms with E-state index in [-0.39, 0.29) is 5.91 Å². The summed E-state index contributed by atoms with van der Waals surface area (Å²) in [5, 5.41) is 5.82. The molecular formula is C16H19N3O2. The van der Waals surface area contributed by atoms with Crippen molar-refractivity contribution in [1.29, 1.82) is 0 Å². The quantitative estimate of drug-likeness (QED) is 0.766. The summed E-state index contributed by atoms with van der Waals surface area (Å²) in [4.78, 5) is 16.0. The van der Waals surface area contributed by atoms with Gasteiger partial charge >= 0.3 is 0 Å². The van der Waals surface area contributed by atoms with Crippen LogP contribution in [-0.4, -0.2) is 31.1 Å². The molecule has 1 heterocycles. The number of nitrogens with one attached hydrogen (secondary N) is 2. The highest BCUT2D eigenvalue weighted by Gasteiger charge is 2.09. The number of carbonyl (C=O) groups is 1. The molecule has 0 aliphatic carbocycles. The first-order valence-corrected chi connectivity index (χ1v) is 6.89. The Bertz CT molecular complexity index is 573. The number of ether oxygens (including phenoxy) is 1. The van der Waals surface area contributed by atoms with Crippen LogP contribution in [0.1, 0.15) is 16.8 Å². The smallest absolute Gasteiger partial charge is 0.253 e. The van der Waals surface area contributed by atoms with Gasteiger partial charge in [0, 0.05) is 19.8 Å². The third-order valence-electron chi connectivity index (χ3n) is 2.95. The van der Waals surface area contributed by atoms with Crippen LogP contribution in [0.4, 0.5) is 5.69 Å². The van der Waals surface area contributed by atoms with E-state index in [0.717, 1.165) is 17.9 Å². The number of hydrogen-bond donors (Lipinski definition) is 2. The van der Waals surface area contributed by atoms with Crippen LogP contribution in [0.5, 0.6) is 5.75 Å². The number of hydrogen-bond acceptors (Lipinski definition) is 4. The Morgan fingerprint density at radius 1 is 1.24 bits per heavy atom. The lowest BCUT2D eigenvalue weighted by Crippen LogP contribution is -2.26. The Morgan fingerprint density at radius 3 is 2.81 bits per heavy atom. The predicted molar refractivity (Wildman–Crippen MR) is 82.7 cm³/mol. The average molecular weight is 285 g/mol. The van der Waals surface area contributed by atoms with Crippen LogP contribution in [0.25, 0.3) is 0 Å². The van der Waals surface area contributed by atoms with Gasteiger partial charge in [0.1, 0.15) is 5.75 Å². The van der Waals surface area contributed by atoms with Gasteiger partial charge in [-0.2, -0.15) is 0 Å². The lowest BCUT2D eigenvalue weighted by Gasteiger charge is -2.09. The van der Waals surface area contributed by atoms with Crippen molar-refractivity contribution in [3.05, 3.63) is 54.4 Å². The van der Waals surface area contributed by atoms with Crippen LogP contribution in [0.2, 0.25) is 0 Å². The molecule has 0 aliphatic heterocycles. The van der Waals surface area contributed by atoms with E-state index in [2.05, 4.69) is 15.6 Å². The molecule has 2 rings (SSSR count). The largest absolute Gasteiger partial charge is 0.494 e. The van der Waals surface area contributed by atoms with E-state index >= 15 is 0 Å². The van der Waals surface area contributed by atoms with Gasteiger partial charge in [-0.25, -0.2) is 0 Å². The second-order valence-electron chi connectivity index (χ2n) is 4.44. The number of anilines is 1. The van der Waals surface area contributed by atoms with Crippen molar-refractivity contribution in [1.82, 2.24) is 10.3 Å². The molecule has 0 aliphatic rings. The molecule has 0 atom stereocenters. The number of amides is 1. The maximum atomic E-state index is 12.0. The molecule has 2 aromatic rings. The standard InChI is InChI=1S/C16H19N3O2/c1-17-15-12-18-10-8-14(15)16(20)19-9-5-11-21-13-6-3-2-4-7-13/h2-4,6-8,10,12,17H,5,9,11H2,1H3,(H,19,20). The highest BCUT2D eigenvalue weighted by atomic mass is 16.5. The van der Waals surface area contributed by atoms with Crippen LogP contribution in [0, 0.1) is 0 Å². The molecule has 2 N–H and O–H groups in total. The predicted octanol–water partition coefficient (Wildman–Crippen LogP) is 2.32. The van der Waals surface area contributed by atoms with Crippen LogP contribution in [0.15, 0.2) is 48.8 Å². The molecule has 5 nitrogen and oxygen atoms in total. The van der Waals surface area contributed by atoms with Crippen LogP contribution >= 0.6 is 0 Å². The van der Waals surface area contributed by atoms with Gasteiger partial charge in [0.25, 0.3) is 5.91 Å². The molecule has 1 aromatic heterocycles. The number of para-hydroxylation sites is 1. The van der Waals surface area contributed by atoms with Gasteiger partial charge < -0.3 is 15.4 Å². The normalized spacial score (nSPS) is 9.95. The van der Waals surface area contributed by atoms with Gasteiger partial charge in [0.15, 0.2) is 0 Å². The van der Waals surface area contributed by atoms with Crippen molar-refractivity contribution < 1.29 is 9.53 Å². The van der Waals surface area contributed by atoms with Crippen molar-refractivity contribution in [2.75, 3.05) is 25.5 Å². The van der Waals surface area contributed by atoms with Crippen molar-refractivity contribution >= 4 is 11.6 Å². The average Bonchev–Trinajstić information content (AvgIpc) is 2.55. The molecule has 0 spiro atoms. The first kappa shape index (κ1) is 14.8. The summed E-state index contributed by atoms with van der Waals surface area (Å²) >= 11 is 0. The molecule has 1 amide bonds. The van der Waals surface area contributed by atoms with Gasteiger partial charge in [0.05, 0.1) is 24.1 Å². The molecule has 1 aromatic carbocycles. The molecule has 5 heteroatoms. The number of pyridine rings is 1. The van der Waals surface area contributed by atoms with Gasteiger partial charge in [0.2, 0.25) is 0 Å². The third kappa shape index (κ3) is 4.49. The molecule has 0 unspecified atom stereocenters. The fraction of sp³-hybridized carbons (Fsp3) is 0.250. The summed E-state index contributed by atoms with van der Waals surface area (Å²) in [5.41, 5.74) is 1.31. The van der Waals surface area contributed by atoms with Crippen molar-refractivity contribution in [3.63, 3.8) is 0 Å². The minimum Gasteiger partial charge on any atom is -0.494 e. The monoisotopic (exact) mass is 285 g/mol. The summed E-state index contributed by atoms with van der Waals surface area (Å²) in [6, 6.07) is 11.3. The number of aromatic nitrogens is 1. The van der Waals surface area contributed by atoms with Gasteiger partial charge in [-0.15, -0.1) is 0 Å². The zero-order chi connectivity index (χ0) is 14.9.